The molecule has 0 aliphatic carbocycles. The second kappa shape index (κ2) is 6.10. The molecule has 0 saturated carbocycles. The van der Waals surface area contributed by atoms with Crippen molar-refractivity contribution >= 4 is 11.9 Å². The minimum Gasteiger partial charge on any atom is -0.457 e. The van der Waals surface area contributed by atoms with Crippen LogP contribution in [0.5, 0.6) is 0 Å². The number of carbonyl (C=O) groups is 2. The van der Waals surface area contributed by atoms with Crippen molar-refractivity contribution in [2.45, 2.75) is 44.5 Å². The molecule has 0 bridgehead atoms. The third-order valence-electron chi connectivity index (χ3n) is 2.54. The molecule has 104 valence electrons. The van der Waals surface area contributed by atoms with Crippen molar-refractivity contribution in [3.63, 3.8) is 0 Å². The van der Waals surface area contributed by atoms with Gasteiger partial charge < -0.3 is 30.1 Å². The maximum Gasteiger partial charge on any atom is 0.303 e. The molecule has 1 rings (SSSR count). The summed E-state index contributed by atoms with van der Waals surface area (Å²) in [4.78, 5) is 22.0. The van der Waals surface area contributed by atoms with Gasteiger partial charge in [-0.2, -0.15) is 0 Å². The lowest BCUT2D eigenvalue weighted by atomic mass is 9.96. The molecule has 1 fully saturated rings. The molecule has 1 aliphatic heterocycles. The third kappa shape index (κ3) is 3.39. The van der Waals surface area contributed by atoms with Gasteiger partial charge in [-0.3, -0.25) is 9.59 Å². The van der Waals surface area contributed by atoms with Gasteiger partial charge in [-0.05, 0) is 0 Å². The van der Waals surface area contributed by atoms with Gasteiger partial charge >= 0.3 is 5.97 Å². The van der Waals surface area contributed by atoms with Gasteiger partial charge in [-0.15, -0.1) is 0 Å². The molecule has 4 N–H and O–H groups in total. The van der Waals surface area contributed by atoms with E-state index in [0.717, 1.165) is 6.92 Å². The molecular formula is C10H17NO7. The Morgan fingerprint density at radius 3 is 2.39 bits per heavy atom. The van der Waals surface area contributed by atoms with E-state index in [1.807, 2.05) is 0 Å². The van der Waals surface area contributed by atoms with Crippen LogP contribution < -0.4 is 5.32 Å². The maximum atomic E-state index is 11.0. The van der Waals surface area contributed by atoms with Gasteiger partial charge in [-0.25, -0.2) is 0 Å². The van der Waals surface area contributed by atoms with Gasteiger partial charge in [0.05, 0.1) is 6.61 Å². The summed E-state index contributed by atoms with van der Waals surface area (Å²) in [5.41, 5.74) is 0. The largest absolute Gasteiger partial charge is 0.457 e. The Morgan fingerprint density at radius 2 is 1.94 bits per heavy atom. The molecule has 5 atom stereocenters. The monoisotopic (exact) mass is 263 g/mol. The molecule has 3 unspecified atom stereocenters. The summed E-state index contributed by atoms with van der Waals surface area (Å²) in [5.74, 6) is -1.16. The zero-order valence-electron chi connectivity index (χ0n) is 10.1. The van der Waals surface area contributed by atoms with E-state index in [-0.39, 0.29) is 0 Å². The molecule has 0 radical (unpaired) electrons. The van der Waals surface area contributed by atoms with Crippen LogP contribution in [-0.2, 0) is 19.1 Å². The molecule has 1 aliphatic rings. The van der Waals surface area contributed by atoms with E-state index >= 15 is 0 Å². The molecule has 8 heteroatoms. The van der Waals surface area contributed by atoms with E-state index in [0.29, 0.717) is 0 Å². The quantitative estimate of drug-likeness (QED) is 0.414. The number of rotatable bonds is 3. The average Bonchev–Trinajstić information content (AvgIpc) is 2.27. The van der Waals surface area contributed by atoms with E-state index in [1.165, 1.54) is 6.92 Å². The molecule has 0 spiro atoms. The first-order valence-corrected chi connectivity index (χ1v) is 5.43. The summed E-state index contributed by atoms with van der Waals surface area (Å²) in [6.45, 7) is 1.79. The van der Waals surface area contributed by atoms with Crippen molar-refractivity contribution < 1.29 is 34.4 Å². The standard InChI is InChI=1S/C10H17NO7/c1-4(13)11-7-9(17-5(2)14)8(15)6(3-12)18-10(7)16/h6-10,12,15-16H,3H2,1-2H3,(H,11,13)/t6?,7?,8-,9?,10+/m0/s1. The Hall–Kier alpha value is -1.22. The lowest BCUT2D eigenvalue weighted by Gasteiger charge is -2.41. The Bertz CT molecular complexity index is 321. The molecule has 1 amide bonds. The molecule has 1 saturated heterocycles. The van der Waals surface area contributed by atoms with Crippen LogP contribution in [-0.4, -0.2) is 64.4 Å². The first-order chi connectivity index (χ1) is 8.36. The molecule has 0 aromatic heterocycles. The summed E-state index contributed by atoms with van der Waals surface area (Å²) in [6.07, 6.45) is -5.11. The Balaban J connectivity index is 2.89. The Kier molecular flexibility index (Phi) is 5.03. The summed E-state index contributed by atoms with van der Waals surface area (Å²) in [7, 11) is 0. The summed E-state index contributed by atoms with van der Waals surface area (Å²) >= 11 is 0. The zero-order valence-corrected chi connectivity index (χ0v) is 10.1. The number of esters is 1. The van der Waals surface area contributed by atoms with Crippen molar-refractivity contribution in [2.75, 3.05) is 6.61 Å². The van der Waals surface area contributed by atoms with Crippen LogP contribution in [0, 0.1) is 0 Å². The van der Waals surface area contributed by atoms with E-state index in [4.69, 9.17) is 14.6 Å². The van der Waals surface area contributed by atoms with Gasteiger partial charge in [0.2, 0.25) is 5.91 Å². The van der Waals surface area contributed by atoms with Crippen molar-refractivity contribution in [1.82, 2.24) is 5.32 Å². The fourth-order valence-electron chi connectivity index (χ4n) is 1.80. The second-order valence-corrected chi connectivity index (χ2v) is 4.04. The highest BCUT2D eigenvalue weighted by molar-refractivity contribution is 5.73. The van der Waals surface area contributed by atoms with Crippen molar-refractivity contribution in [1.29, 1.82) is 0 Å². The fourth-order valence-corrected chi connectivity index (χ4v) is 1.80. The fraction of sp³-hybridized carbons (Fsp3) is 0.800. The van der Waals surface area contributed by atoms with Crippen molar-refractivity contribution in [3.8, 4) is 0 Å². The number of ether oxygens (including phenoxy) is 2. The minimum absolute atomic E-state index is 0.477. The molecule has 0 aromatic rings. The Morgan fingerprint density at radius 1 is 1.33 bits per heavy atom. The van der Waals surface area contributed by atoms with Crippen molar-refractivity contribution in [3.05, 3.63) is 0 Å². The predicted molar refractivity (Wildman–Crippen MR) is 57.1 cm³/mol. The van der Waals surface area contributed by atoms with Crippen LogP contribution in [0.4, 0.5) is 0 Å². The number of nitrogens with one attached hydrogen (secondary N) is 1. The van der Waals surface area contributed by atoms with Gasteiger partial charge in [0.15, 0.2) is 12.4 Å². The van der Waals surface area contributed by atoms with E-state index in [1.54, 1.807) is 0 Å². The molecular weight excluding hydrogens is 246 g/mol. The number of hydrogen-bond acceptors (Lipinski definition) is 7. The first-order valence-electron chi connectivity index (χ1n) is 5.43. The number of aliphatic hydroxyl groups excluding tert-OH is 3. The van der Waals surface area contributed by atoms with Gasteiger partial charge in [0.25, 0.3) is 0 Å². The molecule has 1 heterocycles. The predicted octanol–water partition coefficient (Wildman–Crippen LogP) is -2.51. The normalized spacial score (nSPS) is 35.9. The van der Waals surface area contributed by atoms with Crippen LogP contribution >= 0.6 is 0 Å². The lowest BCUT2D eigenvalue weighted by Crippen LogP contribution is -2.65. The second-order valence-electron chi connectivity index (χ2n) is 4.04. The Labute approximate surface area is 104 Å². The third-order valence-corrected chi connectivity index (χ3v) is 2.54. The number of aliphatic hydroxyl groups is 3. The highest BCUT2D eigenvalue weighted by atomic mass is 16.6. The van der Waals surface area contributed by atoms with Crippen LogP contribution in [0.3, 0.4) is 0 Å². The number of carbonyl (C=O) groups excluding carboxylic acids is 2. The topological polar surface area (TPSA) is 125 Å². The zero-order chi connectivity index (χ0) is 13.9. The lowest BCUT2D eigenvalue weighted by molar-refractivity contribution is -0.258. The number of amides is 1. The maximum absolute atomic E-state index is 11.0. The van der Waals surface area contributed by atoms with Crippen LogP contribution in [0.1, 0.15) is 13.8 Å². The van der Waals surface area contributed by atoms with Crippen LogP contribution in [0.25, 0.3) is 0 Å². The van der Waals surface area contributed by atoms with Gasteiger partial charge in [0.1, 0.15) is 18.2 Å². The highest BCUT2D eigenvalue weighted by Gasteiger charge is 2.46. The summed E-state index contributed by atoms with van der Waals surface area (Å²) in [6, 6.07) is -1.09. The summed E-state index contributed by atoms with van der Waals surface area (Å²) in [5, 5.41) is 30.8. The van der Waals surface area contributed by atoms with E-state index < -0.39 is 49.1 Å². The van der Waals surface area contributed by atoms with Crippen molar-refractivity contribution in [2.24, 2.45) is 0 Å². The molecule has 0 aromatic carbocycles. The minimum atomic E-state index is -1.49. The van der Waals surface area contributed by atoms with Gasteiger partial charge in [0, 0.05) is 13.8 Å². The average molecular weight is 263 g/mol. The van der Waals surface area contributed by atoms with Gasteiger partial charge in [-0.1, -0.05) is 0 Å². The number of hydrogen-bond donors (Lipinski definition) is 4. The van der Waals surface area contributed by atoms with Crippen LogP contribution in [0.2, 0.25) is 0 Å². The molecule has 8 nitrogen and oxygen atoms in total. The highest BCUT2D eigenvalue weighted by Crippen LogP contribution is 2.22. The van der Waals surface area contributed by atoms with E-state index in [2.05, 4.69) is 5.32 Å². The SMILES string of the molecule is CC(=O)NC1C(OC(C)=O)[C@@H](O)C(CO)O[C@H]1O. The smallest absolute Gasteiger partial charge is 0.303 e. The first kappa shape index (κ1) is 14.8. The van der Waals surface area contributed by atoms with Crippen LogP contribution in [0.15, 0.2) is 0 Å². The van der Waals surface area contributed by atoms with E-state index in [9.17, 15) is 19.8 Å². The summed E-state index contributed by atoms with van der Waals surface area (Å²) < 4.78 is 9.79. The molecule has 18 heavy (non-hydrogen) atoms.